The van der Waals surface area contributed by atoms with Crippen molar-refractivity contribution in [3.63, 3.8) is 0 Å². The van der Waals surface area contributed by atoms with Crippen LogP contribution < -0.4 is 15.4 Å². The van der Waals surface area contributed by atoms with Crippen LogP contribution in [0.15, 0.2) is 23.2 Å². The summed E-state index contributed by atoms with van der Waals surface area (Å²) in [6.45, 7) is 4.96. The molecule has 0 aliphatic heterocycles. The quantitative estimate of drug-likeness (QED) is 0.357. The van der Waals surface area contributed by atoms with E-state index >= 15 is 0 Å². The molecule has 0 atom stereocenters. The van der Waals surface area contributed by atoms with Crippen LogP contribution in [-0.4, -0.2) is 44.0 Å². The van der Waals surface area contributed by atoms with E-state index in [2.05, 4.69) is 15.6 Å². The molecule has 0 amide bonds. The third kappa shape index (κ3) is 7.12. The zero-order chi connectivity index (χ0) is 18.6. The standard InChI is InChI=1S/C20H33N3O3/c1-3-21-20(22-12-7-13-26-17-8-5-4-6-9-17)23-15-16-10-11-19(25-2)18(24)14-16/h10-11,14,17,24H,3-9,12-13,15H2,1-2H3,(H2,21,22,23). The maximum Gasteiger partial charge on any atom is 0.191 e. The number of phenols is 1. The highest BCUT2D eigenvalue weighted by molar-refractivity contribution is 5.79. The number of rotatable bonds is 9. The van der Waals surface area contributed by atoms with Crippen molar-refractivity contribution in [1.29, 1.82) is 0 Å². The highest BCUT2D eigenvalue weighted by Gasteiger charge is 2.13. The van der Waals surface area contributed by atoms with Gasteiger partial charge in [0.25, 0.3) is 0 Å². The lowest BCUT2D eigenvalue weighted by Gasteiger charge is -2.22. The number of phenolic OH excluding ortho intramolecular Hbond substituents is 1. The second kappa shape index (κ2) is 11.6. The summed E-state index contributed by atoms with van der Waals surface area (Å²) in [5, 5.41) is 16.4. The lowest BCUT2D eigenvalue weighted by Crippen LogP contribution is -2.38. The fourth-order valence-corrected chi connectivity index (χ4v) is 3.11. The molecule has 0 aromatic heterocycles. The van der Waals surface area contributed by atoms with Gasteiger partial charge in [-0.1, -0.05) is 25.3 Å². The van der Waals surface area contributed by atoms with Crippen molar-refractivity contribution >= 4 is 5.96 Å². The molecule has 0 heterocycles. The summed E-state index contributed by atoms with van der Waals surface area (Å²) in [4.78, 5) is 4.57. The summed E-state index contributed by atoms with van der Waals surface area (Å²) in [5.74, 6) is 1.39. The minimum Gasteiger partial charge on any atom is -0.504 e. The Kier molecular flexibility index (Phi) is 9.10. The fraction of sp³-hybridized carbons (Fsp3) is 0.650. The number of benzene rings is 1. The van der Waals surface area contributed by atoms with Crippen LogP contribution in [0.2, 0.25) is 0 Å². The largest absolute Gasteiger partial charge is 0.504 e. The predicted molar refractivity (Wildman–Crippen MR) is 105 cm³/mol. The van der Waals surface area contributed by atoms with Gasteiger partial charge in [0.1, 0.15) is 0 Å². The molecule has 1 fully saturated rings. The van der Waals surface area contributed by atoms with Crippen molar-refractivity contribution in [3.05, 3.63) is 23.8 Å². The molecule has 0 saturated heterocycles. The highest BCUT2D eigenvalue weighted by atomic mass is 16.5. The van der Waals surface area contributed by atoms with Crippen molar-refractivity contribution in [3.8, 4) is 11.5 Å². The zero-order valence-corrected chi connectivity index (χ0v) is 16.1. The van der Waals surface area contributed by atoms with Gasteiger partial charge in [0.2, 0.25) is 0 Å². The number of hydrogen-bond donors (Lipinski definition) is 3. The van der Waals surface area contributed by atoms with E-state index in [9.17, 15) is 5.11 Å². The number of guanidine groups is 1. The average Bonchev–Trinajstić information content (AvgIpc) is 2.66. The molecule has 6 nitrogen and oxygen atoms in total. The smallest absolute Gasteiger partial charge is 0.191 e. The minimum absolute atomic E-state index is 0.137. The number of aliphatic imine (C=N–C) groups is 1. The Morgan fingerprint density at radius 2 is 2.04 bits per heavy atom. The number of ether oxygens (including phenoxy) is 2. The Bertz CT molecular complexity index is 557. The Morgan fingerprint density at radius 3 is 2.73 bits per heavy atom. The first-order chi connectivity index (χ1) is 12.7. The van der Waals surface area contributed by atoms with Gasteiger partial charge < -0.3 is 25.2 Å². The molecule has 1 aromatic rings. The molecular formula is C20H33N3O3. The lowest BCUT2D eigenvalue weighted by atomic mass is 9.98. The number of methoxy groups -OCH3 is 1. The van der Waals surface area contributed by atoms with Gasteiger partial charge >= 0.3 is 0 Å². The maximum absolute atomic E-state index is 9.85. The molecule has 26 heavy (non-hydrogen) atoms. The summed E-state index contributed by atoms with van der Waals surface area (Å²) in [7, 11) is 1.54. The van der Waals surface area contributed by atoms with Crippen molar-refractivity contribution in [2.45, 2.75) is 58.1 Å². The summed E-state index contributed by atoms with van der Waals surface area (Å²) in [6.07, 6.45) is 7.83. The van der Waals surface area contributed by atoms with E-state index in [1.807, 2.05) is 13.0 Å². The van der Waals surface area contributed by atoms with E-state index in [-0.39, 0.29) is 5.75 Å². The fourth-order valence-electron chi connectivity index (χ4n) is 3.11. The first-order valence-corrected chi connectivity index (χ1v) is 9.72. The van der Waals surface area contributed by atoms with Crippen LogP contribution >= 0.6 is 0 Å². The molecule has 0 radical (unpaired) electrons. The van der Waals surface area contributed by atoms with E-state index in [4.69, 9.17) is 9.47 Å². The molecule has 0 spiro atoms. The second-order valence-electron chi connectivity index (χ2n) is 6.61. The number of nitrogens with one attached hydrogen (secondary N) is 2. The van der Waals surface area contributed by atoms with Gasteiger partial charge in [-0.05, 0) is 43.9 Å². The van der Waals surface area contributed by atoms with Crippen molar-refractivity contribution < 1.29 is 14.6 Å². The van der Waals surface area contributed by atoms with E-state index < -0.39 is 0 Å². The molecule has 1 saturated carbocycles. The number of hydrogen-bond acceptors (Lipinski definition) is 4. The van der Waals surface area contributed by atoms with Gasteiger partial charge in [0.15, 0.2) is 17.5 Å². The van der Waals surface area contributed by atoms with Gasteiger partial charge in [0, 0.05) is 19.7 Å². The van der Waals surface area contributed by atoms with E-state index in [0.717, 1.165) is 37.6 Å². The summed E-state index contributed by atoms with van der Waals surface area (Å²) >= 11 is 0. The Hall–Kier alpha value is -1.95. The van der Waals surface area contributed by atoms with Crippen LogP contribution in [0.25, 0.3) is 0 Å². The van der Waals surface area contributed by atoms with Crippen LogP contribution in [0.5, 0.6) is 11.5 Å². The molecular weight excluding hydrogens is 330 g/mol. The molecule has 1 aliphatic rings. The average molecular weight is 364 g/mol. The first kappa shape index (κ1) is 20.4. The van der Waals surface area contributed by atoms with Crippen molar-refractivity contribution in [1.82, 2.24) is 10.6 Å². The molecule has 1 aliphatic carbocycles. The zero-order valence-electron chi connectivity index (χ0n) is 16.1. The summed E-state index contributed by atoms with van der Waals surface area (Å²) < 4.78 is 11.0. The van der Waals surface area contributed by atoms with Gasteiger partial charge in [0.05, 0.1) is 19.8 Å². The van der Waals surface area contributed by atoms with Gasteiger partial charge in [-0.3, -0.25) is 0 Å². The molecule has 2 rings (SSSR count). The van der Waals surface area contributed by atoms with Crippen molar-refractivity contribution in [2.24, 2.45) is 4.99 Å². The third-order valence-corrected chi connectivity index (χ3v) is 4.53. The van der Waals surface area contributed by atoms with Crippen LogP contribution in [-0.2, 0) is 11.3 Å². The topological polar surface area (TPSA) is 75.1 Å². The summed E-state index contributed by atoms with van der Waals surface area (Å²) in [6, 6.07) is 5.34. The van der Waals surface area contributed by atoms with E-state index in [0.29, 0.717) is 18.4 Å². The molecule has 6 heteroatoms. The molecule has 1 aromatic carbocycles. The third-order valence-electron chi connectivity index (χ3n) is 4.53. The first-order valence-electron chi connectivity index (χ1n) is 9.72. The van der Waals surface area contributed by atoms with E-state index in [1.54, 1.807) is 12.1 Å². The Labute approximate surface area is 157 Å². The monoisotopic (exact) mass is 363 g/mol. The van der Waals surface area contributed by atoms with Gasteiger partial charge in [-0.15, -0.1) is 0 Å². The van der Waals surface area contributed by atoms with Gasteiger partial charge in [-0.25, -0.2) is 4.99 Å². The molecule has 3 N–H and O–H groups in total. The predicted octanol–water partition coefficient (Wildman–Crippen LogP) is 3.20. The number of nitrogens with zero attached hydrogens (tertiary/aromatic N) is 1. The van der Waals surface area contributed by atoms with E-state index in [1.165, 1.54) is 39.2 Å². The lowest BCUT2D eigenvalue weighted by molar-refractivity contribution is 0.0277. The highest BCUT2D eigenvalue weighted by Crippen LogP contribution is 2.26. The number of aromatic hydroxyl groups is 1. The molecule has 0 bridgehead atoms. The maximum atomic E-state index is 9.85. The minimum atomic E-state index is 0.137. The Morgan fingerprint density at radius 1 is 1.23 bits per heavy atom. The van der Waals surface area contributed by atoms with Gasteiger partial charge in [-0.2, -0.15) is 0 Å². The van der Waals surface area contributed by atoms with Crippen LogP contribution in [0, 0.1) is 0 Å². The SMILES string of the molecule is CCNC(=NCc1ccc(OC)c(O)c1)NCCCOC1CCCCC1. The second-order valence-corrected chi connectivity index (χ2v) is 6.61. The molecule has 0 unspecified atom stereocenters. The summed E-state index contributed by atoms with van der Waals surface area (Å²) in [5.41, 5.74) is 0.932. The van der Waals surface area contributed by atoms with Crippen LogP contribution in [0.3, 0.4) is 0 Å². The molecule has 146 valence electrons. The van der Waals surface area contributed by atoms with Crippen LogP contribution in [0.1, 0.15) is 51.0 Å². The Balaban J connectivity index is 1.72. The van der Waals surface area contributed by atoms with Crippen molar-refractivity contribution in [2.75, 3.05) is 26.8 Å². The normalized spacial score (nSPS) is 15.7. The van der Waals surface area contributed by atoms with Crippen LogP contribution in [0.4, 0.5) is 0 Å².